The molecular formula is C25H48N4O14. The second-order valence-electron chi connectivity index (χ2n) is 8.55. The van der Waals surface area contributed by atoms with Crippen LogP contribution in [-0.4, -0.2) is 142 Å². The van der Waals surface area contributed by atoms with E-state index in [1.54, 1.807) is 0 Å². The van der Waals surface area contributed by atoms with E-state index in [2.05, 4.69) is 32.4 Å². The minimum absolute atomic E-state index is 0.0238. The highest BCUT2D eigenvalue weighted by Gasteiger charge is 2.18. The maximum atomic E-state index is 12.0. The predicted molar refractivity (Wildman–Crippen MR) is 148 cm³/mol. The minimum Gasteiger partial charge on any atom is -0.449 e. The summed E-state index contributed by atoms with van der Waals surface area (Å²) in [5.41, 5.74) is 0. The van der Waals surface area contributed by atoms with Gasteiger partial charge < -0.3 is 58.7 Å². The van der Waals surface area contributed by atoms with Gasteiger partial charge in [-0.1, -0.05) is 11.6 Å². The molecule has 0 aliphatic heterocycles. The summed E-state index contributed by atoms with van der Waals surface area (Å²) in [6, 6.07) is 0. The third kappa shape index (κ3) is 26.4. The molecule has 252 valence electrons. The van der Waals surface area contributed by atoms with Gasteiger partial charge in [-0.15, -0.1) is 0 Å². The molecule has 43 heavy (non-hydrogen) atoms. The molecule has 3 amide bonds. The van der Waals surface area contributed by atoms with Crippen LogP contribution in [0, 0.1) is 5.92 Å². The van der Waals surface area contributed by atoms with Crippen LogP contribution < -0.4 is 16.0 Å². The molecule has 0 aromatic heterocycles. The van der Waals surface area contributed by atoms with Crippen LogP contribution in [0.1, 0.15) is 12.8 Å². The lowest BCUT2D eigenvalue weighted by Gasteiger charge is -2.20. The number of alkyl carbamates (subject to hydrolysis) is 3. The highest BCUT2D eigenvalue weighted by atomic mass is 17.3. The molecule has 2 unspecified atom stereocenters. The molecule has 0 aromatic rings. The number of carbonyl (C=O) groups is 3. The van der Waals surface area contributed by atoms with Gasteiger partial charge in [0.2, 0.25) is 0 Å². The molecule has 18 heteroatoms. The summed E-state index contributed by atoms with van der Waals surface area (Å²) in [5.74, 6) is -0.280. The van der Waals surface area contributed by atoms with Gasteiger partial charge in [0.25, 0.3) is 0 Å². The van der Waals surface area contributed by atoms with Crippen molar-refractivity contribution in [2.75, 3.05) is 107 Å². The van der Waals surface area contributed by atoms with Gasteiger partial charge in [-0.05, 0) is 18.1 Å². The van der Waals surface area contributed by atoms with E-state index < -0.39 is 24.4 Å². The molecule has 0 heterocycles. The van der Waals surface area contributed by atoms with Crippen molar-refractivity contribution in [2.45, 2.75) is 18.9 Å². The number of nitrogens with one attached hydrogen (secondary N) is 3. The number of nitrogens with zero attached hydrogens (tertiary/aromatic N) is 1. The molecule has 4 N–H and O–H groups in total. The van der Waals surface area contributed by atoms with Crippen molar-refractivity contribution in [3.8, 4) is 0 Å². The molecule has 0 aliphatic rings. The summed E-state index contributed by atoms with van der Waals surface area (Å²) in [5, 5.41) is 17.7. The molecule has 0 aliphatic carbocycles. The van der Waals surface area contributed by atoms with Crippen molar-refractivity contribution < 1.29 is 67.4 Å². The number of rotatable bonds is 28. The van der Waals surface area contributed by atoms with Gasteiger partial charge in [-0.3, -0.25) is 5.21 Å². The van der Waals surface area contributed by atoms with E-state index >= 15 is 0 Å². The van der Waals surface area contributed by atoms with E-state index in [9.17, 15) is 19.6 Å². The molecule has 0 bridgehead atoms. The van der Waals surface area contributed by atoms with Crippen LogP contribution in [0.15, 0.2) is 12.8 Å². The zero-order valence-electron chi connectivity index (χ0n) is 25.2. The second kappa shape index (κ2) is 29.1. The molecule has 0 saturated carbocycles. The first-order chi connectivity index (χ1) is 20.9. The van der Waals surface area contributed by atoms with Crippen LogP contribution in [0.5, 0.6) is 0 Å². The summed E-state index contributed by atoms with van der Waals surface area (Å²) in [7, 11) is 4.52. The Morgan fingerprint density at radius 2 is 1.30 bits per heavy atom. The summed E-state index contributed by atoms with van der Waals surface area (Å²) < 4.78 is 41.5. The molecule has 0 spiro atoms. The summed E-state index contributed by atoms with van der Waals surface area (Å²) in [6.07, 6.45) is -1.04. The first-order valence-electron chi connectivity index (χ1n) is 13.6. The molecule has 0 radical (unpaired) electrons. The maximum absolute atomic E-state index is 12.0. The Morgan fingerprint density at radius 3 is 1.86 bits per heavy atom. The van der Waals surface area contributed by atoms with Crippen LogP contribution in [0.4, 0.5) is 14.4 Å². The van der Waals surface area contributed by atoms with Gasteiger partial charge in [0, 0.05) is 60.1 Å². The van der Waals surface area contributed by atoms with Gasteiger partial charge in [-0.2, -0.15) is 0 Å². The SMILES string of the molecule is C=COON(O)CCC(COCCCOCC(COC(=O)NCCOC)OC(=O)NCCOC)COC(=O)NCCOC. The Kier molecular flexibility index (Phi) is 27.1. The van der Waals surface area contributed by atoms with E-state index in [4.69, 9.17) is 37.9 Å². The lowest BCUT2D eigenvalue weighted by Crippen LogP contribution is -2.37. The van der Waals surface area contributed by atoms with Crippen molar-refractivity contribution >= 4 is 18.3 Å². The number of ether oxygens (including phenoxy) is 8. The van der Waals surface area contributed by atoms with Crippen LogP contribution in [0.25, 0.3) is 0 Å². The molecule has 18 nitrogen and oxygen atoms in total. The standard InChI is InChI=1S/C25H48N4O14/c1-5-41-43-29(33)11-7-21(18-39-23(30)26-8-14-34-2)17-37-12-6-13-38-19-22(42-25(32)28-10-16-36-4)20-40-24(31)27-9-15-35-3/h5,21-22,33H,1,6-20H2,2-4H3,(H,26,30)(H,27,31)(H,28,32). The number of hydroxylamine groups is 2. The van der Waals surface area contributed by atoms with E-state index in [1.165, 1.54) is 21.3 Å². The van der Waals surface area contributed by atoms with Gasteiger partial charge in [0.05, 0.1) is 46.2 Å². The van der Waals surface area contributed by atoms with Crippen molar-refractivity contribution in [1.29, 1.82) is 0 Å². The van der Waals surface area contributed by atoms with Crippen molar-refractivity contribution in [3.05, 3.63) is 12.8 Å². The number of hydrogen-bond acceptors (Lipinski definition) is 15. The minimum atomic E-state index is -0.859. The predicted octanol–water partition coefficient (Wildman–Crippen LogP) is 0.600. The first kappa shape index (κ1) is 40.0. The topological polar surface area (TPSA) is 203 Å². The highest BCUT2D eigenvalue weighted by molar-refractivity contribution is 5.68. The highest BCUT2D eigenvalue weighted by Crippen LogP contribution is 2.08. The number of methoxy groups -OCH3 is 3. The van der Waals surface area contributed by atoms with Gasteiger partial charge in [0.15, 0.2) is 6.10 Å². The number of hydrogen-bond donors (Lipinski definition) is 4. The van der Waals surface area contributed by atoms with Gasteiger partial charge in [0.1, 0.15) is 12.9 Å². The summed E-state index contributed by atoms with van der Waals surface area (Å²) in [4.78, 5) is 44.6. The summed E-state index contributed by atoms with van der Waals surface area (Å²) >= 11 is 0. The third-order valence-corrected chi connectivity index (χ3v) is 5.01. The van der Waals surface area contributed by atoms with E-state index in [0.29, 0.717) is 51.0 Å². The van der Waals surface area contributed by atoms with Crippen LogP contribution in [0.2, 0.25) is 0 Å². The molecule has 0 fully saturated rings. The lowest BCUT2D eigenvalue weighted by atomic mass is 10.1. The Labute approximate surface area is 251 Å². The molecule has 0 rings (SSSR count). The smallest absolute Gasteiger partial charge is 0.407 e. The quantitative estimate of drug-likeness (QED) is 0.0308. The largest absolute Gasteiger partial charge is 0.449 e. The average molecular weight is 629 g/mol. The third-order valence-electron chi connectivity index (χ3n) is 5.01. The van der Waals surface area contributed by atoms with E-state index in [-0.39, 0.29) is 58.6 Å². The maximum Gasteiger partial charge on any atom is 0.407 e. The monoisotopic (exact) mass is 628 g/mol. The number of carbonyl (C=O) groups excluding carboxylic acids is 3. The number of amides is 3. The average Bonchev–Trinajstić information content (AvgIpc) is 2.99. The fraction of sp³-hybridized carbons (Fsp3) is 0.800. The fourth-order valence-electron chi connectivity index (χ4n) is 2.89. The fourth-order valence-corrected chi connectivity index (χ4v) is 2.89. The Bertz CT molecular complexity index is 721. The molecule has 0 aromatic carbocycles. The lowest BCUT2D eigenvalue weighted by molar-refractivity contribution is -0.491. The molecule has 0 saturated heterocycles. The van der Waals surface area contributed by atoms with E-state index in [0.717, 1.165) is 6.26 Å². The van der Waals surface area contributed by atoms with Crippen molar-refractivity contribution in [3.63, 3.8) is 0 Å². The van der Waals surface area contributed by atoms with Gasteiger partial charge >= 0.3 is 18.3 Å². The van der Waals surface area contributed by atoms with Crippen molar-refractivity contribution in [2.24, 2.45) is 5.92 Å². The van der Waals surface area contributed by atoms with Crippen LogP contribution >= 0.6 is 0 Å². The zero-order valence-corrected chi connectivity index (χ0v) is 25.2. The first-order valence-corrected chi connectivity index (χ1v) is 13.6. The second-order valence-corrected chi connectivity index (χ2v) is 8.55. The molecular weight excluding hydrogens is 580 g/mol. The molecule has 2 atom stereocenters. The van der Waals surface area contributed by atoms with Crippen LogP contribution in [0.3, 0.4) is 0 Å². The Hall–Kier alpha value is -2.97. The van der Waals surface area contributed by atoms with Gasteiger partial charge in [-0.25, -0.2) is 14.4 Å². The Morgan fingerprint density at radius 1 is 0.767 bits per heavy atom. The summed E-state index contributed by atoms with van der Waals surface area (Å²) in [6.45, 7) is 5.64. The van der Waals surface area contributed by atoms with E-state index in [1.807, 2.05) is 0 Å². The van der Waals surface area contributed by atoms with Crippen molar-refractivity contribution in [1.82, 2.24) is 21.2 Å². The zero-order chi connectivity index (χ0) is 32.0. The Balaban J connectivity index is 4.56. The normalized spacial score (nSPS) is 12.2. The van der Waals surface area contributed by atoms with Crippen LogP contribution in [-0.2, 0) is 47.8 Å².